The Balaban J connectivity index is 1.82. The van der Waals surface area contributed by atoms with E-state index in [1.54, 1.807) is 10.9 Å². The molecule has 0 fully saturated rings. The van der Waals surface area contributed by atoms with Gasteiger partial charge in [-0.05, 0) is 37.1 Å². The predicted octanol–water partition coefficient (Wildman–Crippen LogP) is 2.75. The van der Waals surface area contributed by atoms with Crippen molar-refractivity contribution in [1.29, 1.82) is 0 Å². The predicted molar refractivity (Wildman–Crippen MR) is 96.6 cm³/mol. The highest BCUT2D eigenvalue weighted by atomic mass is 35.5. The van der Waals surface area contributed by atoms with Crippen molar-refractivity contribution in [2.24, 2.45) is 0 Å². The van der Waals surface area contributed by atoms with Crippen LogP contribution in [-0.2, 0) is 6.54 Å². The third kappa shape index (κ3) is 2.83. The van der Waals surface area contributed by atoms with Crippen LogP contribution in [0.25, 0.3) is 16.7 Å². The molecule has 0 saturated carbocycles. The van der Waals surface area contributed by atoms with Gasteiger partial charge in [0.1, 0.15) is 21.7 Å². The molecule has 4 aromatic rings. The minimum Gasteiger partial charge on any atom is -0.292 e. The summed E-state index contributed by atoms with van der Waals surface area (Å²) in [5.41, 5.74) is 4.01. The molecule has 0 aliphatic heterocycles. The molecule has 25 heavy (non-hydrogen) atoms. The van der Waals surface area contributed by atoms with Crippen LogP contribution in [0.5, 0.6) is 0 Å². The fourth-order valence-corrected chi connectivity index (χ4v) is 3.39. The molecule has 0 aliphatic carbocycles. The Morgan fingerprint density at radius 2 is 1.96 bits per heavy atom. The third-order valence-corrected chi connectivity index (χ3v) is 4.82. The highest BCUT2D eigenvalue weighted by Crippen LogP contribution is 2.19. The molecule has 3 heterocycles. The molecular weight excluding hydrogens is 360 g/mol. The molecule has 0 atom stereocenters. The average Bonchev–Trinajstić information content (AvgIpc) is 3.16. The van der Waals surface area contributed by atoms with E-state index in [4.69, 9.17) is 11.6 Å². The molecule has 0 bridgehead atoms. The monoisotopic (exact) mass is 372 g/mol. The maximum atomic E-state index is 12.7. The van der Waals surface area contributed by atoms with Crippen LogP contribution in [0.1, 0.15) is 16.8 Å². The Bertz CT molecular complexity index is 1120. The second-order valence-electron chi connectivity index (χ2n) is 5.81. The van der Waals surface area contributed by atoms with Crippen molar-refractivity contribution in [2.75, 3.05) is 0 Å². The molecule has 126 valence electrons. The standard InChI is InChI=1S/C16H13ClN6OS/c1-9-3-10(2)5-11(4-9)23-15-12(6-19-23)16(24)22(8-18-15)7-13-14(17)25-21-20-13/h3-6,8H,7H2,1-2H3. The van der Waals surface area contributed by atoms with Crippen LogP contribution in [0.4, 0.5) is 0 Å². The summed E-state index contributed by atoms with van der Waals surface area (Å²) >= 11 is 7.10. The van der Waals surface area contributed by atoms with Gasteiger partial charge in [0.15, 0.2) is 5.65 Å². The second kappa shape index (κ2) is 6.05. The van der Waals surface area contributed by atoms with Gasteiger partial charge in [-0.3, -0.25) is 9.36 Å². The smallest absolute Gasteiger partial charge is 0.264 e. The molecule has 0 radical (unpaired) electrons. The van der Waals surface area contributed by atoms with Gasteiger partial charge < -0.3 is 0 Å². The molecule has 0 spiro atoms. The van der Waals surface area contributed by atoms with Crippen LogP contribution in [0.3, 0.4) is 0 Å². The number of benzene rings is 1. The quantitative estimate of drug-likeness (QED) is 0.552. The minimum atomic E-state index is -0.190. The van der Waals surface area contributed by atoms with Gasteiger partial charge >= 0.3 is 0 Å². The van der Waals surface area contributed by atoms with E-state index in [1.165, 1.54) is 10.9 Å². The SMILES string of the molecule is Cc1cc(C)cc(-n2ncc3c(=O)n(Cc4nnsc4Cl)cnc32)c1. The number of halogens is 1. The molecule has 3 aromatic heterocycles. The molecule has 0 N–H and O–H groups in total. The summed E-state index contributed by atoms with van der Waals surface area (Å²) in [6.45, 7) is 4.27. The number of hydrogen-bond acceptors (Lipinski definition) is 6. The normalized spacial score (nSPS) is 11.3. The Morgan fingerprint density at radius 1 is 1.20 bits per heavy atom. The van der Waals surface area contributed by atoms with Crippen LogP contribution >= 0.6 is 23.1 Å². The lowest BCUT2D eigenvalue weighted by molar-refractivity contribution is 0.724. The van der Waals surface area contributed by atoms with E-state index >= 15 is 0 Å². The number of hydrogen-bond donors (Lipinski definition) is 0. The molecule has 1 aromatic carbocycles. The van der Waals surface area contributed by atoms with E-state index in [9.17, 15) is 4.79 Å². The lowest BCUT2D eigenvalue weighted by Gasteiger charge is -2.07. The highest BCUT2D eigenvalue weighted by molar-refractivity contribution is 7.10. The van der Waals surface area contributed by atoms with Crippen LogP contribution < -0.4 is 5.56 Å². The van der Waals surface area contributed by atoms with Crippen LogP contribution in [0.15, 0.2) is 35.5 Å². The molecule has 7 nitrogen and oxygen atoms in total. The molecule has 9 heteroatoms. The highest BCUT2D eigenvalue weighted by Gasteiger charge is 2.14. The minimum absolute atomic E-state index is 0.190. The first kappa shape index (κ1) is 15.9. The Hall–Kier alpha value is -2.58. The Morgan fingerprint density at radius 3 is 2.64 bits per heavy atom. The summed E-state index contributed by atoms with van der Waals surface area (Å²) < 4.78 is 7.38. The van der Waals surface area contributed by atoms with Crippen molar-refractivity contribution >= 4 is 34.2 Å². The molecule has 0 aliphatic rings. The van der Waals surface area contributed by atoms with E-state index < -0.39 is 0 Å². The number of aromatic nitrogens is 6. The van der Waals surface area contributed by atoms with Gasteiger partial charge in [0, 0.05) is 11.5 Å². The van der Waals surface area contributed by atoms with Gasteiger partial charge in [-0.1, -0.05) is 22.2 Å². The molecule has 0 saturated heterocycles. The summed E-state index contributed by atoms with van der Waals surface area (Å²) in [4.78, 5) is 17.1. The summed E-state index contributed by atoms with van der Waals surface area (Å²) in [6, 6.07) is 6.10. The van der Waals surface area contributed by atoms with Crippen molar-refractivity contribution < 1.29 is 0 Å². The zero-order valence-corrected chi connectivity index (χ0v) is 15.0. The summed E-state index contributed by atoms with van der Waals surface area (Å²) in [6.07, 6.45) is 3.03. The summed E-state index contributed by atoms with van der Waals surface area (Å²) in [7, 11) is 0. The van der Waals surface area contributed by atoms with E-state index in [1.807, 2.05) is 26.0 Å². The average molecular weight is 373 g/mol. The van der Waals surface area contributed by atoms with E-state index in [2.05, 4.69) is 25.7 Å². The molecule has 4 rings (SSSR count). The largest absolute Gasteiger partial charge is 0.292 e. The second-order valence-corrected chi connectivity index (χ2v) is 7.17. The Labute approximate surface area is 151 Å². The zero-order chi connectivity index (χ0) is 17.6. The molecule has 0 unspecified atom stereocenters. The first-order chi connectivity index (χ1) is 12.0. The van der Waals surface area contributed by atoms with Gasteiger partial charge in [0.2, 0.25) is 0 Å². The first-order valence-electron chi connectivity index (χ1n) is 7.51. The van der Waals surface area contributed by atoms with E-state index in [0.717, 1.165) is 28.3 Å². The summed E-state index contributed by atoms with van der Waals surface area (Å²) in [5, 5.41) is 8.73. The van der Waals surface area contributed by atoms with Gasteiger partial charge in [0.05, 0.1) is 18.4 Å². The fourth-order valence-electron chi connectivity index (χ4n) is 2.78. The van der Waals surface area contributed by atoms with Crippen molar-refractivity contribution in [2.45, 2.75) is 20.4 Å². The van der Waals surface area contributed by atoms with Crippen LogP contribution in [-0.4, -0.2) is 28.9 Å². The summed E-state index contributed by atoms with van der Waals surface area (Å²) in [5.74, 6) is 0. The third-order valence-electron chi connectivity index (χ3n) is 3.84. The van der Waals surface area contributed by atoms with Crippen molar-refractivity contribution in [3.63, 3.8) is 0 Å². The lowest BCUT2D eigenvalue weighted by atomic mass is 10.1. The number of aryl methyl sites for hydroxylation is 2. The van der Waals surface area contributed by atoms with Crippen molar-refractivity contribution in [3.8, 4) is 5.69 Å². The fraction of sp³-hybridized carbons (Fsp3) is 0.188. The zero-order valence-electron chi connectivity index (χ0n) is 13.5. The number of rotatable bonds is 3. The van der Waals surface area contributed by atoms with Crippen LogP contribution in [0, 0.1) is 13.8 Å². The maximum absolute atomic E-state index is 12.7. The number of nitrogens with zero attached hydrogens (tertiary/aromatic N) is 6. The van der Waals surface area contributed by atoms with Gasteiger partial charge in [0.25, 0.3) is 5.56 Å². The topological polar surface area (TPSA) is 78.5 Å². The lowest BCUT2D eigenvalue weighted by Crippen LogP contribution is -2.21. The van der Waals surface area contributed by atoms with Crippen molar-refractivity contribution in [3.05, 3.63) is 62.2 Å². The van der Waals surface area contributed by atoms with E-state index in [0.29, 0.717) is 21.1 Å². The molecule has 0 amide bonds. The Kier molecular flexibility index (Phi) is 3.85. The maximum Gasteiger partial charge on any atom is 0.264 e. The first-order valence-corrected chi connectivity index (χ1v) is 8.66. The van der Waals surface area contributed by atoms with Crippen LogP contribution in [0.2, 0.25) is 4.34 Å². The van der Waals surface area contributed by atoms with Gasteiger partial charge in [-0.15, -0.1) is 5.10 Å². The van der Waals surface area contributed by atoms with Crippen molar-refractivity contribution in [1.82, 2.24) is 28.9 Å². The van der Waals surface area contributed by atoms with Gasteiger partial charge in [-0.2, -0.15) is 5.10 Å². The van der Waals surface area contributed by atoms with E-state index in [-0.39, 0.29) is 12.1 Å². The molecular formula is C16H13ClN6OS. The number of fused-ring (bicyclic) bond motifs is 1. The van der Waals surface area contributed by atoms with Gasteiger partial charge in [-0.25, -0.2) is 9.67 Å².